The van der Waals surface area contributed by atoms with Gasteiger partial charge in [0.25, 0.3) is 0 Å². The predicted molar refractivity (Wildman–Crippen MR) is 51.1 cm³/mol. The zero-order valence-electron chi connectivity index (χ0n) is 7.74. The van der Waals surface area contributed by atoms with Crippen LogP contribution in [-0.4, -0.2) is 21.3 Å². The zero-order chi connectivity index (χ0) is 11.0. The molecule has 1 aromatic heterocycles. The summed E-state index contributed by atoms with van der Waals surface area (Å²) >= 11 is 0. The third kappa shape index (κ3) is 1.52. The Morgan fingerprint density at radius 3 is 2.67 bits per heavy atom. The number of hydrogen-bond donors (Lipinski definition) is 2. The maximum atomic E-state index is 13.0. The molecule has 80 valence electrons. The van der Waals surface area contributed by atoms with Crippen molar-refractivity contribution in [1.29, 1.82) is 0 Å². The van der Waals surface area contributed by atoms with Crippen molar-refractivity contribution in [1.82, 2.24) is 9.55 Å². The highest BCUT2D eigenvalue weighted by atomic mass is 19.2. The Morgan fingerprint density at radius 2 is 2.00 bits per heavy atom. The molecule has 0 fully saturated rings. The van der Waals surface area contributed by atoms with Gasteiger partial charge < -0.3 is 15.4 Å². The van der Waals surface area contributed by atoms with Gasteiger partial charge in [0.2, 0.25) is 5.95 Å². The lowest BCUT2D eigenvalue weighted by atomic mass is 10.3. The first kappa shape index (κ1) is 9.85. The van der Waals surface area contributed by atoms with Crippen molar-refractivity contribution in [3.63, 3.8) is 0 Å². The molecule has 0 saturated carbocycles. The number of halogens is 2. The quantitative estimate of drug-likeness (QED) is 0.778. The summed E-state index contributed by atoms with van der Waals surface area (Å²) < 4.78 is 27.2. The molecule has 4 nitrogen and oxygen atoms in total. The molecule has 0 aliphatic rings. The number of nitrogens with two attached hydrogens (primary N) is 1. The number of aliphatic hydroxyl groups excluding tert-OH is 1. The minimum atomic E-state index is -0.962. The van der Waals surface area contributed by atoms with E-state index < -0.39 is 11.6 Å². The third-order valence-electron chi connectivity index (χ3n) is 2.14. The standard InChI is InChI=1S/C9H9F2N3O/c10-5-3-7-8(4-6(5)11)14(1-2-15)9(12)13-7/h3-4,15H,1-2H2,(H2,12,13). The molecule has 2 rings (SSSR count). The second-order valence-electron chi connectivity index (χ2n) is 3.10. The van der Waals surface area contributed by atoms with Gasteiger partial charge in [-0.15, -0.1) is 0 Å². The molecule has 0 spiro atoms. The Morgan fingerprint density at radius 1 is 1.33 bits per heavy atom. The van der Waals surface area contributed by atoms with Crippen LogP contribution in [0.25, 0.3) is 11.0 Å². The zero-order valence-corrected chi connectivity index (χ0v) is 7.74. The minimum absolute atomic E-state index is 0.129. The van der Waals surface area contributed by atoms with E-state index in [1.807, 2.05) is 0 Å². The summed E-state index contributed by atoms with van der Waals surface area (Å²) in [5, 5.41) is 8.77. The van der Waals surface area contributed by atoms with Crippen LogP contribution in [0.1, 0.15) is 0 Å². The van der Waals surface area contributed by atoms with Gasteiger partial charge in [-0.3, -0.25) is 0 Å². The molecule has 0 atom stereocenters. The second kappa shape index (κ2) is 3.47. The lowest BCUT2D eigenvalue weighted by molar-refractivity contribution is 0.278. The molecule has 0 unspecified atom stereocenters. The summed E-state index contributed by atoms with van der Waals surface area (Å²) in [7, 11) is 0. The Kier molecular flexibility index (Phi) is 2.28. The van der Waals surface area contributed by atoms with Crippen LogP contribution in [0, 0.1) is 11.6 Å². The predicted octanol–water partition coefficient (Wildman–Crippen LogP) is 0.889. The first-order valence-electron chi connectivity index (χ1n) is 4.35. The highest BCUT2D eigenvalue weighted by Crippen LogP contribution is 2.20. The van der Waals surface area contributed by atoms with Crippen molar-refractivity contribution in [2.24, 2.45) is 0 Å². The number of aliphatic hydroxyl groups is 1. The van der Waals surface area contributed by atoms with E-state index in [1.54, 1.807) is 0 Å². The van der Waals surface area contributed by atoms with Crippen LogP contribution >= 0.6 is 0 Å². The maximum absolute atomic E-state index is 13.0. The van der Waals surface area contributed by atoms with Crippen molar-refractivity contribution in [2.75, 3.05) is 12.3 Å². The lowest BCUT2D eigenvalue weighted by Gasteiger charge is -2.03. The van der Waals surface area contributed by atoms with Crippen LogP contribution in [0.2, 0.25) is 0 Å². The molecule has 3 N–H and O–H groups in total. The van der Waals surface area contributed by atoms with Crippen molar-refractivity contribution in [2.45, 2.75) is 6.54 Å². The summed E-state index contributed by atoms with van der Waals surface area (Å²) in [5.74, 6) is -1.79. The van der Waals surface area contributed by atoms with Gasteiger partial charge in [0, 0.05) is 18.7 Å². The van der Waals surface area contributed by atoms with Gasteiger partial charge in [-0.1, -0.05) is 0 Å². The van der Waals surface area contributed by atoms with Gasteiger partial charge in [-0.2, -0.15) is 0 Å². The van der Waals surface area contributed by atoms with E-state index in [0.29, 0.717) is 5.52 Å². The van der Waals surface area contributed by atoms with Gasteiger partial charge >= 0.3 is 0 Å². The largest absolute Gasteiger partial charge is 0.395 e. The number of fused-ring (bicyclic) bond motifs is 1. The van der Waals surface area contributed by atoms with Gasteiger partial charge in [0.15, 0.2) is 11.6 Å². The second-order valence-corrected chi connectivity index (χ2v) is 3.10. The Labute approximate surface area is 83.9 Å². The average Bonchev–Trinajstić information content (AvgIpc) is 2.46. The fourth-order valence-electron chi connectivity index (χ4n) is 1.47. The summed E-state index contributed by atoms with van der Waals surface area (Å²) in [6.07, 6.45) is 0. The first-order valence-corrected chi connectivity index (χ1v) is 4.35. The van der Waals surface area contributed by atoms with Crippen molar-refractivity contribution in [3.05, 3.63) is 23.8 Å². The maximum Gasteiger partial charge on any atom is 0.201 e. The van der Waals surface area contributed by atoms with Crippen LogP contribution in [0.15, 0.2) is 12.1 Å². The van der Waals surface area contributed by atoms with E-state index in [4.69, 9.17) is 10.8 Å². The number of hydrogen-bond acceptors (Lipinski definition) is 3. The smallest absolute Gasteiger partial charge is 0.201 e. The number of aromatic nitrogens is 2. The molecule has 0 bridgehead atoms. The number of benzene rings is 1. The molecular formula is C9H9F2N3O. The van der Waals surface area contributed by atoms with Crippen LogP contribution in [0.5, 0.6) is 0 Å². The molecule has 0 amide bonds. The van der Waals surface area contributed by atoms with Crippen LogP contribution in [0.3, 0.4) is 0 Å². The van der Waals surface area contributed by atoms with Gasteiger partial charge in [-0.05, 0) is 0 Å². The topological polar surface area (TPSA) is 64.1 Å². The summed E-state index contributed by atoms with van der Waals surface area (Å²) in [5.41, 5.74) is 6.19. The van der Waals surface area contributed by atoms with E-state index in [9.17, 15) is 8.78 Å². The van der Waals surface area contributed by atoms with E-state index in [2.05, 4.69) is 4.98 Å². The monoisotopic (exact) mass is 213 g/mol. The molecule has 1 heterocycles. The Hall–Kier alpha value is -1.69. The van der Waals surface area contributed by atoms with E-state index in [-0.39, 0.29) is 24.6 Å². The molecular weight excluding hydrogens is 204 g/mol. The fourth-order valence-corrected chi connectivity index (χ4v) is 1.47. The first-order chi connectivity index (χ1) is 7.13. The molecule has 1 aromatic carbocycles. The summed E-state index contributed by atoms with van der Waals surface area (Å²) in [6.45, 7) is 0.0576. The normalized spacial score (nSPS) is 11.1. The number of rotatable bonds is 2. The van der Waals surface area contributed by atoms with Crippen LogP contribution in [0.4, 0.5) is 14.7 Å². The lowest BCUT2D eigenvalue weighted by Crippen LogP contribution is -2.06. The highest BCUT2D eigenvalue weighted by Gasteiger charge is 2.11. The SMILES string of the molecule is Nc1nc2cc(F)c(F)cc2n1CCO. The average molecular weight is 213 g/mol. The number of nitrogen functional groups attached to an aromatic ring is 1. The van der Waals surface area contributed by atoms with Crippen LogP contribution in [-0.2, 0) is 6.54 Å². The Bertz CT molecular complexity index is 510. The van der Waals surface area contributed by atoms with Gasteiger partial charge in [-0.25, -0.2) is 13.8 Å². The highest BCUT2D eigenvalue weighted by molar-refractivity contribution is 5.78. The van der Waals surface area contributed by atoms with Crippen molar-refractivity contribution >= 4 is 17.0 Å². The molecule has 2 aromatic rings. The Balaban J connectivity index is 2.70. The minimum Gasteiger partial charge on any atom is -0.395 e. The van der Waals surface area contributed by atoms with Crippen molar-refractivity contribution < 1.29 is 13.9 Å². The van der Waals surface area contributed by atoms with E-state index >= 15 is 0 Å². The fraction of sp³-hybridized carbons (Fsp3) is 0.222. The molecule has 0 radical (unpaired) electrons. The van der Waals surface area contributed by atoms with Gasteiger partial charge in [0.1, 0.15) is 0 Å². The van der Waals surface area contributed by atoms with E-state index in [0.717, 1.165) is 12.1 Å². The number of nitrogens with zero attached hydrogens (tertiary/aromatic N) is 2. The summed E-state index contributed by atoms with van der Waals surface area (Å²) in [6, 6.07) is 2.00. The number of imidazole rings is 1. The molecule has 15 heavy (non-hydrogen) atoms. The van der Waals surface area contributed by atoms with Gasteiger partial charge in [0.05, 0.1) is 17.6 Å². The van der Waals surface area contributed by atoms with E-state index in [1.165, 1.54) is 4.57 Å². The molecule has 6 heteroatoms. The molecule has 0 aliphatic carbocycles. The third-order valence-corrected chi connectivity index (χ3v) is 2.14. The number of anilines is 1. The molecule has 0 saturated heterocycles. The van der Waals surface area contributed by atoms with Crippen molar-refractivity contribution in [3.8, 4) is 0 Å². The summed E-state index contributed by atoms with van der Waals surface area (Å²) in [4.78, 5) is 3.86. The molecule has 0 aliphatic heterocycles. The van der Waals surface area contributed by atoms with Crippen LogP contribution < -0.4 is 5.73 Å².